The molecular weight excluding hydrogens is 162 g/mol. The molecule has 0 radical (unpaired) electrons. The first-order chi connectivity index (χ1) is 6.20. The lowest BCUT2D eigenvalue weighted by Gasteiger charge is -2.17. The van der Waals surface area contributed by atoms with E-state index in [0.717, 1.165) is 26.0 Å². The molecular formula is C11H23NO. The van der Waals surface area contributed by atoms with E-state index in [1.807, 2.05) is 0 Å². The molecule has 78 valence electrons. The molecule has 0 fully saturated rings. The fourth-order valence-corrected chi connectivity index (χ4v) is 1.31. The van der Waals surface area contributed by atoms with Crippen molar-refractivity contribution in [3.05, 3.63) is 12.2 Å². The molecule has 0 aliphatic carbocycles. The van der Waals surface area contributed by atoms with Gasteiger partial charge in [0.1, 0.15) is 0 Å². The summed E-state index contributed by atoms with van der Waals surface area (Å²) in [6.45, 7) is 10.1. The van der Waals surface area contributed by atoms with E-state index < -0.39 is 0 Å². The molecule has 1 atom stereocenters. The third-order valence-electron chi connectivity index (χ3n) is 1.95. The number of rotatable bonds is 8. The van der Waals surface area contributed by atoms with Gasteiger partial charge in [-0.3, -0.25) is 0 Å². The van der Waals surface area contributed by atoms with E-state index in [9.17, 15) is 0 Å². The fourth-order valence-electron chi connectivity index (χ4n) is 1.31. The minimum Gasteiger partial charge on any atom is -0.385 e. The van der Waals surface area contributed by atoms with Gasteiger partial charge in [-0.25, -0.2) is 0 Å². The van der Waals surface area contributed by atoms with Crippen molar-refractivity contribution < 1.29 is 4.74 Å². The van der Waals surface area contributed by atoms with Gasteiger partial charge >= 0.3 is 0 Å². The number of hydrogen-bond acceptors (Lipinski definition) is 2. The molecule has 13 heavy (non-hydrogen) atoms. The second-order valence-corrected chi connectivity index (χ2v) is 3.59. The third-order valence-corrected chi connectivity index (χ3v) is 1.95. The number of nitrogens with one attached hydrogen (secondary N) is 1. The van der Waals surface area contributed by atoms with Gasteiger partial charge in [0.15, 0.2) is 0 Å². The summed E-state index contributed by atoms with van der Waals surface area (Å²) in [5, 5.41) is 3.49. The standard InChI is InChI=1S/C11H23NO/c1-5-7-12-11(6-8-13-4)9-10(2)3/h11-12H,2,5-9H2,1,3-4H3. The summed E-state index contributed by atoms with van der Waals surface area (Å²) in [7, 11) is 1.75. The highest BCUT2D eigenvalue weighted by atomic mass is 16.5. The fraction of sp³-hybridized carbons (Fsp3) is 0.818. The monoisotopic (exact) mass is 185 g/mol. The van der Waals surface area contributed by atoms with Gasteiger partial charge in [-0.05, 0) is 32.7 Å². The molecule has 0 amide bonds. The molecule has 2 heteroatoms. The first-order valence-corrected chi connectivity index (χ1v) is 5.07. The van der Waals surface area contributed by atoms with Gasteiger partial charge < -0.3 is 10.1 Å². The highest BCUT2D eigenvalue weighted by molar-refractivity contribution is 4.92. The van der Waals surface area contributed by atoms with Gasteiger partial charge in [-0.2, -0.15) is 0 Å². The second-order valence-electron chi connectivity index (χ2n) is 3.59. The van der Waals surface area contributed by atoms with Crippen LogP contribution in [-0.2, 0) is 4.74 Å². The molecule has 0 saturated heterocycles. The summed E-state index contributed by atoms with van der Waals surface area (Å²) in [5.41, 5.74) is 1.24. The summed E-state index contributed by atoms with van der Waals surface area (Å²) >= 11 is 0. The Morgan fingerprint density at radius 2 is 2.23 bits per heavy atom. The van der Waals surface area contributed by atoms with Crippen molar-refractivity contribution in [1.82, 2.24) is 5.32 Å². The van der Waals surface area contributed by atoms with Crippen molar-refractivity contribution in [3.8, 4) is 0 Å². The van der Waals surface area contributed by atoms with Crippen LogP contribution in [0, 0.1) is 0 Å². The summed E-state index contributed by atoms with van der Waals surface area (Å²) in [4.78, 5) is 0. The highest BCUT2D eigenvalue weighted by Crippen LogP contribution is 2.05. The minimum absolute atomic E-state index is 0.539. The van der Waals surface area contributed by atoms with E-state index >= 15 is 0 Å². The van der Waals surface area contributed by atoms with Crippen molar-refractivity contribution in [3.63, 3.8) is 0 Å². The zero-order valence-corrected chi connectivity index (χ0v) is 9.23. The van der Waals surface area contributed by atoms with E-state index in [4.69, 9.17) is 4.74 Å². The summed E-state index contributed by atoms with van der Waals surface area (Å²) in [6.07, 6.45) is 3.31. The van der Waals surface area contributed by atoms with Crippen molar-refractivity contribution in [2.24, 2.45) is 0 Å². The third kappa shape index (κ3) is 8.00. The van der Waals surface area contributed by atoms with Gasteiger partial charge in [0, 0.05) is 19.8 Å². The van der Waals surface area contributed by atoms with E-state index in [1.54, 1.807) is 7.11 Å². The van der Waals surface area contributed by atoms with Gasteiger partial charge in [-0.15, -0.1) is 6.58 Å². The maximum absolute atomic E-state index is 5.06. The van der Waals surface area contributed by atoms with Crippen LogP contribution >= 0.6 is 0 Å². The zero-order chi connectivity index (χ0) is 10.1. The largest absolute Gasteiger partial charge is 0.385 e. The SMILES string of the molecule is C=C(C)CC(CCOC)NCCC. The maximum atomic E-state index is 5.06. The van der Waals surface area contributed by atoms with Crippen molar-refractivity contribution in [2.45, 2.75) is 39.2 Å². The Hall–Kier alpha value is -0.340. The average Bonchev–Trinajstić information content (AvgIpc) is 2.09. The Morgan fingerprint density at radius 3 is 2.69 bits per heavy atom. The molecule has 0 aliphatic rings. The van der Waals surface area contributed by atoms with Gasteiger partial charge in [0.25, 0.3) is 0 Å². The summed E-state index contributed by atoms with van der Waals surface area (Å²) in [6, 6.07) is 0.539. The maximum Gasteiger partial charge on any atom is 0.0477 e. The lowest BCUT2D eigenvalue weighted by molar-refractivity contribution is 0.182. The zero-order valence-electron chi connectivity index (χ0n) is 9.23. The molecule has 1 N–H and O–H groups in total. The van der Waals surface area contributed by atoms with Gasteiger partial charge in [0.2, 0.25) is 0 Å². The number of ether oxygens (including phenoxy) is 1. The average molecular weight is 185 g/mol. The Kier molecular flexibility index (Phi) is 8.05. The van der Waals surface area contributed by atoms with Crippen LogP contribution in [0.3, 0.4) is 0 Å². The van der Waals surface area contributed by atoms with Gasteiger partial charge in [-0.1, -0.05) is 12.5 Å². The van der Waals surface area contributed by atoms with Crippen LogP contribution < -0.4 is 5.32 Å². The molecule has 0 aromatic rings. The van der Waals surface area contributed by atoms with Crippen LogP contribution in [0.1, 0.15) is 33.1 Å². The van der Waals surface area contributed by atoms with Crippen LogP contribution in [0.2, 0.25) is 0 Å². The quantitative estimate of drug-likeness (QED) is 0.586. The topological polar surface area (TPSA) is 21.3 Å². The van der Waals surface area contributed by atoms with Gasteiger partial charge in [0.05, 0.1) is 0 Å². The first-order valence-electron chi connectivity index (χ1n) is 5.07. The van der Waals surface area contributed by atoms with Crippen LogP contribution in [0.5, 0.6) is 0 Å². The Morgan fingerprint density at radius 1 is 1.54 bits per heavy atom. The lowest BCUT2D eigenvalue weighted by atomic mass is 10.1. The molecule has 0 aromatic heterocycles. The molecule has 0 aromatic carbocycles. The molecule has 2 nitrogen and oxygen atoms in total. The van der Waals surface area contributed by atoms with Crippen molar-refractivity contribution in [1.29, 1.82) is 0 Å². The summed E-state index contributed by atoms with van der Waals surface area (Å²) < 4.78 is 5.06. The van der Waals surface area contributed by atoms with Crippen LogP contribution in [0.4, 0.5) is 0 Å². The smallest absolute Gasteiger partial charge is 0.0477 e. The molecule has 0 rings (SSSR count). The van der Waals surface area contributed by atoms with E-state index in [1.165, 1.54) is 12.0 Å². The lowest BCUT2D eigenvalue weighted by Crippen LogP contribution is -2.31. The molecule has 0 saturated carbocycles. The Labute approximate surface area is 82.4 Å². The summed E-state index contributed by atoms with van der Waals surface area (Å²) in [5.74, 6) is 0. The van der Waals surface area contributed by atoms with E-state index in [0.29, 0.717) is 6.04 Å². The molecule has 0 spiro atoms. The Balaban J connectivity index is 3.66. The van der Waals surface area contributed by atoms with Crippen molar-refractivity contribution in [2.75, 3.05) is 20.3 Å². The number of methoxy groups -OCH3 is 1. The molecule has 0 aliphatic heterocycles. The predicted octanol–water partition coefficient (Wildman–Crippen LogP) is 2.36. The van der Waals surface area contributed by atoms with Crippen LogP contribution in [0.15, 0.2) is 12.2 Å². The first kappa shape index (κ1) is 12.7. The van der Waals surface area contributed by atoms with Crippen LogP contribution in [-0.4, -0.2) is 26.3 Å². The highest BCUT2D eigenvalue weighted by Gasteiger charge is 2.06. The van der Waals surface area contributed by atoms with Crippen LogP contribution in [0.25, 0.3) is 0 Å². The second kappa shape index (κ2) is 8.27. The van der Waals surface area contributed by atoms with E-state index in [2.05, 4.69) is 25.7 Å². The molecule has 0 heterocycles. The Bertz CT molecular complexity index is 126. The van der Waals surface area contributed by atoms with E-state index in [-0.39, 0.29) is 0 Å². The normalized spacial score (nSPS) is 12.8. The molecule has 0 bridgehead atoms. The number of hydrogen-bond donors (Lipinski definition) is 1. The predicted molar refractivity (Wildman–Crippen MR) is 58.0 cm³/mol. The van der Waals surface area contributed by atoms with Crippen molar-refractivity contribution >= 4 is 0 Å². The molecule has 1 unspecified atom stereocenters. The minimum atomic E-state index is 0.539.